The van der Waals surface area contributed by atoms with Gasteiger partial charge in [-0.1, -0.05) is 17.7 Å². The van der Waals surface area contributed by atoms with E-state index in [2.05, 4.69) is 15.6 Å². The van der Waals surface area contributed by atoms with Gasteiger partial charge < -0.3 is 15.4 Å². The van der Waals surface area contributed by atoms with Gasteiger partial charge in [0.15, 0.2) is 5.96 Å². The summed E-state index contributed by atoms with van der Waals surface area (Å²) in [5.41, 5.74) is 0.868. The van der Waals surface area contributed by atoms with Crippen LogP contribution in [0.5, 0.6) is 0 Å². The van der Waals surface area contributed by atoms with Gasteiger partial charge in [0.05, 0.1) is 11.6 Å². The van der Waals surface area contributed by atoms with Gasteiger partial charge in [-0.15, -0.1) is 0 Å². The lowest BCUT2D eigenvalue weighted by molar-refractivity contribution is 0.145. The fourth-order valence-electron chi connectivity index (χ4n) is 1.68. The fourth-order valence-corrected chi connectivity index (χ4v) is 1.88. The van der Waals surface area contributed by atoms with Crippen LogP contribution in [0.4, 0.5) is 4.39 Å². The minimum Gasteiger partial charge on any atom is -0.382 e. The summed E-state index contributed by atoms with van der Waals surface area (Å²) in [6, 6.07) is 4.64. The van der Waals surface area contributed by atoms with Crippen molar-refractivity contribution in [2.75, 3.05) is 26.3 Å². The molecule has 1 rings (SSSR count). The van der Waals surface area contributed by atoms with Crippen LogP contribution in [0.3, 0.4) is 0 Å². The first-order valence-corrected chi connectivity index (χ1v) is 7.59. The summed E-state index contributed by atoms with van der Waals surface area (Å²) in [6.07, 6.45) is 0.917. The Kier molecular flexibility index (Phi) is 8.78. The first-order valence-electron chi connectivity index (χ1n) is 7.21. The molecule has 0 radical (unpaired) electrons. The Morgan fingerprint density at radius 2 is 2.14 bits per heavy atom. The SMILES string of the molecule is CCNC(=NCc1ccc(F)c(Cl)c1)NCCCOCC. The molecule has 21 heavy (non-hydrogen) atoms. The minimum absolute atomic E-state index is 0.123. The summed E-state index contributed by atoms with van der Waals surface area (Å²) >= 11 is 5.75. The van der Waals surface area contributed by atoms with Crippen molar-refractivity contribution in [2.24, 2.45) is 4.99 Å². The Morgan fingerprint density at radius 3 is 2.81 bits per heavy atom. The molecule has 2 N–H and O–H groups in total. The van der Waals surface area contributed by atoms with E-state index in [-0.39, 0.29) is 5.02 Å². The van der Waals surface area contributed by atoms with E-state index < -0.39 is 5.82 Å². The van der Waals surface area contributed by atoms with E-state index in [9.17, 15) is 4.39 Å². The van der Waals surface area contributed by atoms with Crippen LogP contribution in [-0.4, -0.2) is 32.3 Å². The summed E-state index contributed by atoms with van der Waals surface area (Å²) in [4.78, 5) is 4.44. The van der Waals surface area contributed by atoms with E-state index in [1.54, 1.807) is 12.1 Å². The molecule has 0 heterocycles. The van der Waals surface area contributed by atoms with Gasteiger partial charge in [0.2, 0.25) is 0 Å². The lowest BCUT2D eigenvalue weighted by Gasteiger charge is -2.11. The van der Waals surface area contributed by atoms with Crippen molar-refractivity contribution in [1.82, 2.24) is 10.6 Å². The molecule has 0 amide bonds. The number of guanidine groups is 1. The third-order valence-corrected chi connectivity index (χ3v) is 3.00. The fraction of sp³-hybridized carbons (Fsp3) is 0.533. The van der Waals surface area contributed by atoms with Gasteiger partial charge in [-0.05, 0) is 38.0 Å². The highest BCUT2D eigenvalue weighted by Crippen LogP contribution is 2.16. The van der Waals surface area contributed by atoms with Gasteiger partial charge in [0.1, 0.15) is 5.82 Å². The third kappa shape index (κ3) is 7.29. The zero-order valence-corrected chi connectivity index (χ0v) is 13.3. The molecule has 118 valence electrons. The first kappa shape index (κ1) is 17.7. The molecule has 0 saturated carbocycles. The van der Waals surface area contributed by atoms with Gasteiger partial charge in [0, 0.05) is 26.3 Å². The third-order valence-electron chi connectivity index (χ3n) is 2.71. The van der Waals surface area contributed by atoms with Crippen LogP contribution in [0.1, 0.15) is 25.8 Å². The van der Waals surface area contributed by atoms with E-state index in [0.717, 1.165) is 44.2 Å². The standard InChI is InChI=1S/C15H23ClFN3O/c1-3-18-15(19-8-5-9-21-4-2)20-11-12-6-7-14(17)13(16)10-12/h6-7,10H,3-5,8-9,11H2,1-2H3,(H2,18,19,20). The van der Waals surface area contributed by atoms with Crippen LogP contribution >= 0.6 is 11.6 Å². The predicted molar refractivity (Wildman–Crippen MR) is 85.3 cm³/mol. The van der Waals surface area contributed by atoms with Gasteiger partial charge in [-0.3, -0.25) is 0 Å². The van der Waals surface area contributed by atoms with E-state index in [1.165, 1.54) is 6.07 Å². The number of nitrogens with one attached hydrogen (secondary N) is 2. The maximum absolute atomic E-state index is 13.1. The number of hydrogen-bond donors (Lipinski definition) is 2. The molecule has 1 aromatic carbocycles. The Hall–Kier alpha value is -1.33. The highest BCUT2D eigenvalue weighted by Gasteiger charge is 2.01. The molecule has 0 saturated heterocycles. The molecule has 0 aliphatic heterocycles. The maximum atomic E-state index is 13.1. The van der Waals surface area contributed by atoms with E-state index >= 15 is 0 Å². The average Bonchev–Trinajstić information content (AvgIpc) is 2.48. The number of halogens is 2. The van der Waals surface area contributed by atoms with Crippen LogP contribution in [0.25, 0.3) is 0 Å². The molecule has 0 fully saturated rings. The largest absolute Gasteiger partial charge is 0.382 e. The van der Waals surface area contributed by atoms with Gasteiger partial charge >= 0.3 is 0 Å². The first-order chi connectivity index (χ1) is 10.2. The quantitative estimate of drug-likeness (QED) is 0.440. The van der Waals surface area contributed by atoms with Crippen LogP contribution in [0, 0.1) is 5.82 Å². The van der Waals surface area contributed by atoms with Crippen molar-refractivity contribution < 1.29 is 9.13 Å². The summed E-state index contributed by atoms with van der Waals surface area (Å²) in [5.74, 6) is 0.319. The zero-order chi connectivity index (χ0) is 15.5. The summed E-state index contributed by atoms with van der Waals surface area (Å²) < 4.78 is 18.4. The maximum Gasteiger partial charge on any atom is 0.191 e. The van der Waals surface area contributed by atoms with Crippen LogP contribution in [0.2, 0.25) is 5.02 Å². The average molecular weight is 316 g/mol. The minimum atomic E-state index is -0.412. The van der Waals surface area contributed by atoms with Crippen molar-refractivity contribution in [3.63, 3.8) is 0 Å². The van der Waals surface area contributed by atoms with Gasteiger partial charge in [-0.25, -0.2) is 9.38 Å². The molecule has 0 aromatic heterocycles. The molecule has 0 spiro atoms. The number of nitrogens with zero attached hydrogens (tertiary/aromatic N) is 1. The molecule has 0 aliphatic carbocycles. The van der Waals surface area contributed by atoms with Crippen LogP contribution < -0.4 is 10.6 Å². The molecule has 1 aromatic rings. The normalized spacial score (nSPS) is 11.5. The van der Waals surface area contributed by atoms with E-state index in [4.69, 9.17) is 16.3 Å². The molecular weight excluding hydrogens is 293 g/mol. The second-order valence-corrected chi connectivity index (χ2v) is 4.83. The molecular formula is C15H23ClFN3O. The van der Waals surface area contributed by atoms with Crippen molar-refractivity contribution in [3.05, 3.63) is 34.6 Å². The second-order valence-electron chi connectivity index (χ2n) is 4.42. The van der Waals surface area contributed by atoms with Crippen molar-refractivity contribution in [2.45, 2.75) is 26.8 Å². The van der Waals surface area contributed by atoms with Crippen LogP contribution in [0.15, 0.2) is 23.2 Å². The Balaban J connectivity index is 2.48. The molecule has 0 atom stereocenters. The summed E-state index contributed by atoms with van der Waals surface area (Å²) in [5, 5.41) is 6.51. The zero-order valence-electron chi connectivity index (χ0n) is 12.6. The van der Waals surface area contributed by atoms with Gasteiger partial charge in [0.25, 0.3) is 0 Å². The molecule has 6 heteroatoms. The number of rotatable bonds is 8. The van der Waals surface area contributed by atoms with E-state index in [0.29, 0.717) is 6.54 Å². The lowest BCUT2D eigenvalue weighted by atomic mass is 10.2. The topological polar surface area (TPSA) is 45.7 Å². The molecule has 4 nitrogen and oxygen atoms in total. The highest BCUT2D eigenvalue weighted by molar-refractivity contribution is 6.30. The Bertz CT molecular complexity index is 455. The van der Waals surface area contributed by atoms with Gasteiger partial charge in [-0.2, -0.15) is 0 Å². The van der Waals surface area contributed by atoms with Crippen molar-refractivity contribution in [3.8, 4) is 0 Å². The summed E-state index contributed by atoms with van der Waals surface area (Å²) in [6.45, 7) is 7.47. The molecule has 0 unspecified atom stereocenters. The predicted octanol–water partition coefficient (Wildman–Crippen LogP) is 2.96. The van der Waals surface area contributed by atoms with Crippen molar-refractivity contribution >= 4 is 17.6 Å². The Morgan fingerprint density at radius 1 is 1.33 bits per heavy atom. The van der Waals surface area contributed by atoms with Crippen LogP contribution in [-0.2, 0) is 11.3 Å². The second kappa shape index (κ2) is 10.4. The summed E-state index contributed by atoms with van der Waals surface area (Å²) in [7, 11) is 0. The number of hydrogen-bond acceptors (Lipinski definition) is 2. The molecule has 0 aliphatic rings. The monoisotopic (exact) mass is 315 g/mol. The lowest BCUT2D eigenvalue weighted by Crippen LogP contribution is -2.38. The number of aliphatic imine (C=N–C) groups is 1. The smallest absolute Gasteiger partial charge is 0.191 e. The van der Waals surface area contributed by atoms with E-state index in [1.807, 2.05) is 13.8 Å². The number of ether oxygens (including phenoxy) is 1. The highest BCUT2D eigenvalue weighted by atomic mass is 35.5. The molecule has 0 bridgehead atoms. The number of benzene rings is 1. The van der Waals surface area contributed by atoms with Crippen molar-refractivity contribution in [1.29, 1.82) is 0 Å². The Labute approximate surface area is 130 Å².